The van der Waals surface area contributed by atoms with Crippen LogP contribution < -0.4 is 11.0 Å². The van der Waals surface area contributed by atoms with Gasteiger partial charge in [0.2, 0.25) is 0 Å². The second-order valence-electron chi connectivity index (χ2n) is 4.12. The number of hydrogen-bond acceptors (Lipinski definition) is 1. The van der Waals surface area contributed by atoms with Gasteiger partial charge in [0.05, 0.1) is 17.6 Å². The lowest BCUT2D eigenvalue weighted by molar-refractivity contribution is -0.667. The highest BCUT2D eigenvalue weighted by Gasteiger charge is 2.08. The van der Waals surface area contributed by atoms with E-state index in [1.165, 1.54) is 5.56 Å². The molecule has 2 N–H and O–H groups in total. The number of imidazole rings is 1. The van der Waals surface area contributed by atoms with Crippen LogP contribution in [0.4, 0.5) is 0 Å². The van der Waals surface area contributed by atoms with Crippen LogP contribution in [0.5, 0.6) is 0 Å². The number of aromatic nitrogens is 2. The zero-order chi connectivity index (χ0) is 11.7. The summed E-state index contributed by atoms with van der Waals surface area (Å²) in [6.45, 7) is 4.18. The van der Waals surface area contributed by atoms with Crippen LogP contribution in [0.1, 0.15) is 12.5 Å². The highest BCUT2D eigenvalue weighted by Crippen LogP contribution is 2.13. The summed E-state index contributed by atoms with van der Waals surface area (Å²) in [4.78, 5) is 11.7. The Balaban J connectivity index is 2.54. The lowest BCUT2D eigenvalue weighted by Crippen LogP contribution is -2.81. The predicted molar refractivity (Wildman–Crippen MR) is 64.3 cm³/mol. The largest absolute Gasteiger partial charge is 0.343 e. The van der Waals surface area contributed by atoms with Crippen molar-refractivity contribution >= 4 is 11.0 Å². The molecule has 0 fully saturated rings. The maximum atomic E-state index is 11.7. The molecule has 0 aliphatic heterocycles. The molecule has 2 rings (SSSR count). The summed E-state index contributed by atoms with van der Waals surface area (Å²) in [6, 6.07) is 6.21. The van der Waals surface area contributed by atoms with E-state index in [-0.39, 0.29) is 5.69 Å². The minimum absolute atomic E-state index is 0.0339. The van der Waals surface area contributed by atoms with Gasteiger partial charge >= 0.3 is 5.69 Å². The van der Waals surface area contributed by atoms with Gasteiger partial charge < -0.3 is 5.32 Å². The second kappa shape index (κ2) is 4.14. The van der Waals surface area contributed by atoms with Crippen LogP contribution >= 0.6 is 0 Å². The smallest absolute Gasteiger partial charge is 0.328 e. The molecular weight excluding hydrogens is 202 g/mol. The summed E-state index contributed by atoms with van der Waals surface area (Å²) >= 11 is 0. The Morgan fingerprint density at radius 3 is 2.56 bits per heavy atom. The molecule has 1 aromatic heterocycles. The van der Waals surface area contributed by atoms with Crippen LogP contribution in [-0.2, 0) is 20.6 Å². The van der Waals surface area contributed by atoms with Crippen molar-refractivity contribution in [2.75, 3.05) is 6.54 Å². The summed E-state index contributed by atoms with van der Waals surface area (Å²) in [5.74, 6) is 0. The third-order valence-corrected chi connectivity index (χ3v) is 3.01. The molecule has 0 unspecified atom stereocenters. The molecule has 4 nitrogen and oxygen atoms in total. The van der Waals surface area contributed by atoms with Crippen LogP contribution in [0, 0.1) is 0 Å². The van der Waals surface area contributed by atoms with E-state index < -0.39 is 0 Å². The zero-order valence-electron chi connectivity index (χ0n) is 10.0. The van der Waals surface area contributed by atoms with E-state index in [1.54, 1.807) is 9.13 Å². The average Bonchev–Trinajstić information content (AvgIpc) is 2.52. The number of nitrogens with zero attached hydrogens (tertiary/aromatic N) is 2. The predicted octanol–water partition coefficient (Wildman–Crippen LogP) is -0.0397. The number of benzene rings is 1. The fourth-order valence-electron chi connectivity index (χ4n) is 1.99. The molecule has 1 aromatic carbocycles. The van der Waals surface area contributed by atoms with Crippen LogP contribution in [-0.4, -0.2) is 15.7 Å². The molecule has 0 aliphatic rings. The molecule has 0 aliphatic carbocycles. The number of fused-ring (bicyclic) bond motifs is 1. The van der Waals surface area contributed by atoms with E-state index in [0.717, 1.165) is 24.1 Å². The van der Waals surface area contributed by atoms with Crippen molar-refractivity contribution in [3.8, 4) is 0 Å². The fraction of sp³-hybridized carbons (Fsp3) is 0.417. The van der Waals surface area contributed by atoms with Gasteiger partial charge in [-0.3, -0.25) is 9.13 Å². The van der Waals surface area contributed by atoms with Gasteiger partial charge in [-0.25, -0.2) is 4.79 Å². The summed E-state index contributed by atoms with van der Waals surface area (Å²) in [6.07, 6.45) is 0. The number of quaternary nitrogens is 1. The quantitative estimate of drug-likeness (QED) is 0.775. The first-order valence-corrected chi connectivity index (χ1v) is 5.61. The molecule has 0 bridgehead atoms. The van der Waals surface area contributed by atoms with Gasteiger partial charge in [-0.1, -0.05) is 6.07 Å². The first-order chi connectivity index (χ1) is 7.65. The van der Waals surface area contributed by atoms with Gasteiger partial charge in [0.15, 0.2) is 0 Å². The van der Waals surface area contributed by atoms with Crippen molar-refractivity contribution < 1.29 is 5.32 Å². The number of rotatable bonds is 3. The molecule has 0 atom stereocenters. The number of hydrogen-bond donors (Lipinski definition) is 1. The monoisotopic (exact) mass is 220 g/mol. The molecule has 2 aromatic rings. The maximum Gasteiger partial charge on any atom is 0.328 e. The van der Waals surface area contributed by atoms with E-state index in [0.29, 0.717) is 0 Å². The SMILES string of the molecule is CC[NH2+]Cc1ccc2c(c1)n(C)c(=O)n2C. The first kappa shape index (κ1) is 11.0. The van der Waals surface area contributed by atoms with Crippen LogP contribution in [0.25, 0.3) is 11.0 Å². The topological polar surface area (TPSA) is 43.5 Å². The Bertz CT molecular complexity index is 565. The standard InChI is InChI=1S/C12H17N3O/c1-4-13-8-9-5-6-10-11(7-9)15(3)12(16)14(10)2/h5-7,13H,4,8H2,1-3H3/p+1. The van der Waals surface area contributed by atoms with E-state index in [1.807, 2.05) is 20.2 Å². The van der Waals surface area contributed by atoms with Crippen molar-refractivity contribution in [3.63, 3.8) is 0 Å². The van der Waals surface area contributed by atoms with E-state index >= 15 is 0 Å². The van der Waals surface area contributed by atoms with Gasteiger partial charge in [0.25, 0.3) is 0 Å². The molecule has 0 spiro atoms. The van der Waals surface area contributed by atoms with Gasteiger partial charge in [-0.2, -0.15) is 0 Å². The Morgan fingerprint density at radius 1 is 1.19 bits per heavy atom. The summed E-state index contributed by atoms with van der Waals surface area (Å²) in [5.41, 5.74) is 3.30. The maximum absolute atomic E-state index is 11.7. The van der Waals surface area contributed by atoms with Crippen molar-refractivity contribution in [1.29, 1.82) is 0 Å². The summed E-state index contributed by atoms with van der Waals surface area (Å²) < 4.78 is 3.38. The highest BCUT2D eigenvalue weighted by atomic mass is 16.1. The number of nitrogens with two attached hydrogens (primary N) is 1. The molecule has 4 heteroatoms. The molecule has 1 heterocycles. The third kappa shape index (κ3) is 1.65. The van der Waals surface area contributed by atoms with Crippen LogP contribution in [0.3, 0.4) is 0 Å². The Hall–Kier alpha value is -1.55. The minimum atomic E-state index is 0.0339. The minimum Gasteiger partial charge on any atom is -0.343 e. The van der Waals surface area contributed by atoms with Gasteiger partial charge in [0, 0.05) is 19.7 Å². The Labute approximate surface area is 94.5 Å². The first-order valence-electron chi connectivity index (χ1n) is 5.61. The fourth-order valence-corrected chi connectivity index (χ4v) is 1.99. The van der Waals surface area contributed by atoms with Crippen molar-refractivity contribution in [3.05, 3.63) is 34.2 Å². The third-order valence-electron chi connectivity index (χ3n) is 3.01. The Kier molecular flexibility index (Phi) is 2.83. The molecule has 16 heavy (non-hydrogen) atoms. The van der Waals surface area contributed by atoms with Crippen molar-refractivity contribution in [2.45, 2.75) is 13.5 Å². The van der Waals surface area contributed by atoms with Crippen molar-refractivity contribution in [1.82, 2.24) is 9.13 Å². The summed E-state index contributed by atoms with van der Waals surface area (Å²) in [5, 5.41) is 2.24. The lowest BCUT2D eigenvalue weighted by atomic mass is 10.2. The highest BCUT2D eigenvalue weighted by molar-refractivity contribution is 5.76. The molecule has 0 amide bonds. The van der Waals surface area contributed by atoms with Crippen LogP contribution in [0.15, 0.2) is 23.0 Å². The van der Waals surface area contributed by atoms with E-state index in [2.05, 4.69) is 24.4 Å². The normalized spacial score (nSPS) is 11.2. The zero-order valence-corrected chi connectivity index (χ0v) is 10.0. The molecule has 0 saturated heterocycles. The van der Waals surface area contributed by atoms with Crippen LogP contribution in [0.2, 0.25) is 0 Å². The lowest BCUT2D eigenvalue weighted by Gasteiger charge is -2.01. The van der Waals surface area contributed by atoms with Gasteiger partial charge in [-0.05, 0) is 19.1 Å². The molecule has 0 radical (unpaired) electrons. The Morgan fingerprint density at radius 2 is 1.88 bits per heavy atom. The van der Waals surface area contributed by atoms with E-state index in [9.17, 15) is 4.79 Å². The van der Waals surface area contributed by atoms with Gasteiger partial charge in [-0.15, -0.1) is 0 Å². The van der Waals surface area contributed by atoms with E-state index in [4.69, 9.17) is 0 Å². The molecule has 0 saturated carbocycles. The summed E-state index contributed by atoms with van der Waals surface area (Å²) in [7, 11) is 3.63. The van der Waals surface area contributed by atoms with Crippen molar-refractivity contribution in [2.24, 2.45) is 14.1 Å². The molecular formula is C12H18N3O+. The second-order valence-corrected chi connectivity index (χ2v) is 4.12. The van der Waals surface area contributed by atoms with Gasteiger partial charge in [0.1, 0.15) is 6.54 Å². The average molecular weight is 220 g/mol. The number of aryl methyl sites for hydroxylation is 2. The molecule has 86 valence electrons.